The molecule has 3 heteroatoms. The van der Waals surface area contributed by atoms with Crippen LogP contribution in [0.25, 0.3) is 0 Å². The van der Waals surface area contributed by atoms with Crippen molar-refractivity contribution in [1.29, 1.82) is 0 Å². The van der Waals surface area contributed by atoms with Crippen molar-refractivity contribution in [2.45, 2.75) is 44.8 Å². The average Bonchev–Trinajstić information content (AvgIpc) is 2.74. The van der Waals surface area contributed by atoms with Crippen LogP contribution in [0.1, 0.15) is 30.9 Å². The van der Waals surface area contributed by atoms with Crippen LogP contribution in [0.15, 0.2) is 24.3 Å². The molecule has 1 fully saturated rings. The highest BCUT2D eigenvalue weighted by Crippen LogP contribution is 2.30. The van der Waals surface area contributed by atoms with Gasteiger partial charge in [-0.1, -0.05) is 29.8 Å². The third kappa shape index (κ3) is 2.86. The summed E-state index contributed by atoms with van der Waals surface area (Å²) in [7, 11) is 0. The maximum atomic E-state index is 5.85. The molecule has 1 aromatic carbocycles. The van der Waals surface area contributed by atoms with Gasteiger partial charge in [-0.25, -0.2) is 0 Å². The van der Waals surface area contributed by atoms with E-state index in [0.29, 0.717) is 0 Å². The molecule has 1 aromatic rings. The summed E-state index contributed by atoms with van der Waals surface area (Å²) in [6, 6.07) is 8.74. The standard InChI is InChI=1S/C14H22N2O/c1-11-5-3-6-12(9-11)10-13(16-15)14(2)7-4-8-17-14/h3,5-6,9,13,16H,4,7-8,10,15H2,1-2H3. The fourth-order valence-corrected chi connectivity index (χ4v) is 2.60. The molecule has 0 bridgehead atoms. The van der Waals surface area contributed by atoms with Gasteiger partial charge < -0.3 is 4.74 Å². The van der Waals surface area contributed by atoms with Crippen LogP contribution in [0.3, 0.4) is 0 Å². The molecule has 0 spiro atoms. The third-order valence-electron chi connectivity index (χ3n) is 3.71. The lowest BCUT2D eigenvalue weighted by Gasteiger charge is -2.33. The molecule has 1 heterocycles. The van der Waals surface area contributed by atoms with Gasteiger partial charge in [0.15, 0.2) is 0 Å². The summed E-state index contributed by atoms with van der Waals surface area (Å²) in [5.74, 6) is 5.69. The van der Waals surface area contributed by atoms with Crippen molar-refractivity contribution in [3.05, 3.63) is 35.4 Å². The van der Waals surface area contributed by atoms with Crippen molar-refractivity contribution < 1.29 is 4.74 Å². The number of hydrogen-bond donors (Lipinski definition) is 2. The number of nitrogens with two attached hydrogens (primary N) is 1. The molecule has 3 nitrogen and oxygen atoms in total. The van der Waals surface area contributed by atoms with Crippen molar-refractivity contribution in [1.82, 2.24) is 5.43 Å². The molecule has 0 saturated carbocycles. The van der Waals surface area contributed by atoms with Gasteiger partial charge in [-0.15, -0.1) is 0 Å². The molecule has 0 aliphatic carbocycles. The molecule has 1 aliphatic rings. The molecule has 2 rings (SSSR count). The summed E-state index contributed by atoms with van der Waals surface area (Å²) >= 11 is 0. The molecule has 3 N–H and O–H groups in total. The van der Waals surface area contributed by atoms with E-state index in [1.807, 2.05) is 0 Å². The highest BCUT2D eigenvalue weighted by Gasteiger charge is 2.37. The predicted octanol–water partition coefficient (Wildman–Crippen LogP) is 1.94. The van der Waals surface area contributed by atoms with Gasteiger partial charge in [-0.2, -0.15) is 0 Å². The number of hydrogen-bond acceptors (Lipinski definition) is 3. The van der Waals surface area contributed by atoms with E-state index in [4.69, 9.17) is 10.6 Å². The molecule has 1 aliphatic heterocycles. The van der Waals surface area contributed by atoms with Gasteiger partial charge in [-0.05, 0) is 38.7 Å². The van der Waals surface area contributed by atoms with Gasteiger partial charge in [0, 0.05) is 6.61 Å². The van der Waals surface area contributed by atoms with Crippen LogP contribution in [-0.4, -0.2) is 18.2 Å². The molecule has 2 atom stereocenters. The minimum Gasteiger partial charge on any atom is -0.374 e. The first-order valence-corrected chi connectivity index (χ1v) is 6.30. The Morgan fingerprint density at radius 3 is 2.94 bits per heavy atom. The molecular weight excluding hydrogens is 212 g/mol. The predicted molar refractivity (Wildman–Crippen MR) is 69.6 cm³/mol. The van der Waals surface area contributed by atoms with Crippen molar-refractivity contribution in [3.8, 4) is 0 Å². The third-order valence-corrected chi connectivity index (χ3v) is 3.71. The molecule has 17 heavy (non-hydrogen) atoms. The van der Waals surface area contributed by atoms with Gasteiger partial charge in [0.25, 0.3) is 0 Å². The normalized spacial score (nSPS) is 26.1. The number of benzene rings is 1. The Kier molecular flexibility index (Phi) is 3.82. The monoisotopic (exact) mass is 234 g/mol. The van der Waals surface area contributed by atoms with Crippen LogP contribution in [-0.2, 0) is 11.2 Å². The SMILES string of the molecule is Cc1cccc(CC(NN)C2(C)CCCO2)c1. The van der Waals surface area contributed by atoms with E-state index in [-0.39, 0.29) is 11.6 Å². The summed E-state index contributed by atoms with van der Waals surface area (Å²) in [6.45, 7) is 5.12. The number of rotatable bonds is 4. The summed E-state index contributed by atoms with van der Waals surface area (Å²) in [4.78, 5) is 0. The lowest BCUT2D eigenvalue weighted by Crippen LogP contribution is -2.52. The summed E-state index contributed by atoms with van der Waals surface area (Å²) < 4.78 is 5.85. The highest BCUT2D eigenvalue weighted by atomic mass is 16.5. The molecule has 0 amide bonds. The minimum atomic E-state index is -0.126. The lowest BCUT2D eigenvalue weighted by atomic mass is 9.88. The van der Waals surface area contributed by atoms with E-state index in [0.717, 1.165) is 25.9 Å². The van der Waals surface area contributed by atoms with E-state index in [2.05, 4.69) is 43.5 Å². The first-order chi connectivity index (χ1) is 8.14. The van der Waals surface area contributed by atoms with Crippen LogP contribution in [0.4, 0.5) is 0 Å². The van der Waals surface area contributed by atoms with Gasteiger partial charge in [0.1, 0.15) is 0 Å². The van der Waals surface area contributed by atoms with Crippen LogP contribution >= 0.6 is 0 Å². The molecule has 2 unspecified atom stereocenters. The Morgan fingerprint density at radius 1 is 1.53 bits per heavy atom. The zero-order valence-corrected chi connectivity index (χ0v) is 10.7. The zero-order chi connectivity index (χ0) is 12.3. The number of hydrazine groups is 1. The molecule has 0 radical (unpaired) electrons. The van der Waals surface area contributed by atoms with Crippen molar-refractivity contribution in [2.24, 2.45) is 5.84 Å². The van der Waals surface area contributed by atoms with Crippen molar-refractivity contribution in [3.63, 3.8) is 0 Å². The van der Waals surface area contributed by atoms with Gasteiger partial charge in [0.05, 0.1) is 11.6 Å². The second kappa shape index (κ2) is 5.17. The fraction of sp³-hybridized carbons (Fsp3) is 0.571. The average molecular weight is 234 g/mol. The number of ether oxygens (including phenoxy) is 1. The van der Waals surface area contributed by atoms with Crippen LogP contribution in [0.5, 0.6) is 0 Å². The van der Waals surface area contributed by atoms with E-state index in [9.17, 15) is 0 Å². The van der Waals surface area contributed by atoms with Crippen LogP contribution < -0.4 is 11.3 Å². The molecule has 0 aromatic heterocycles. The van der Waals surface area contributed by atoms with E-state index in [1.165, 1.54) is 11.1 Å². The number of aryl methyl sites for hydroxylation is 1. The maximum absolute atomic E-state index is 5.85. The summed E-state index contributed by atoms with van der Waals surface area (Å²) in [5.41, 5.74) is 5.40. The Hall–Kier alpha value is -0.900. The van der Waals surface area contributed by atoms with E-state index < -0.39 is 0 Å². The Morgan fingerprint density at radius 2 is 2.35 bits per heavy atom. The minimum absolute atomic E-state index is 0.126. The Bertz CT molecular complexity index is 372. The Labute approximate surface area is 103 Å². The summed E-state index contributed by atoms with van der Waals surface area (Å²) in [5, 5.41) is 0. The molecular formula is C14H22N2O. The quantitative estimate of drug-likeness (QED) is 0.618. The van der Waals surface area contributed by atoms with Crippen LogP contribution in [0.2, 0.25) is 0 Å². The van der Waals surface area contributed by atoms with Crippen molar-refractivity contribution >= 4 is 0 Å². The first-order valence-electron chi connectivity index (χ1n) is 6.30. The van der Waals surface area contributed by atoms with E-state index >= 15 is 0 Å². The first kappa shape index (κ1) is 12.6. The fourth-order valence-electron chi connectivity index (χ4n) is 2.60. The smallest absolute Gasteiger partial charge is 0.0824 e. The number of nitrogens with one attached hydrogen (secondary N) is 1. The lowest BCUT2D eigenvalue weighted by molar-refractivity contribution is -0.0115. The largest absolute Gasteiger partial charge is 0.374 e. The van der Waals surface area contributed by atoms with Crippen LogP contribution in [0, 0.1) is 6.92 Å². The topological polar surface area (TPSA) is 47.3 Å². The van der Waals surface area contributed by atoms with Gasteiger partial charge in [0.2, 0.25) is 0 Å². The molecule has 94 valence electrons. The highest BCUT2D eigenvalue weighted by molar-refractivity contribution is 5.23. The van der Waals surface area contributed by atoms with Gasteiger partial charge in [-0.3, -0.25) is 11.3 Å². The molecule has 1 saturated heterocycles. The van der Waals surface area contributed by atoms with Crippen molar-refractivity contribution in [2.75, 3.05) is 6.61 Å². The van der Waals surface area contributed by atoms with E-state index in [1.54, 1.807) is 0 Å². The maximum Gasteiger partial charge on any atom is 0.0824 e. The van der Waals surface area contributed by atoms with Gasteiger partial charge >= 0.3 is 0 Å². The summed E-state index contributed by atoms with van der Waals surface area (Å²) in [6.07, 6.45) is 3.12. The second-order valence-electron chi connectivity index (χ2n) is 5.18. The second-order valence-corrected chi connectivity index (χ2v) is 5.18. The Balaban J connectivity index is 2.09. The zero-order valence-electron chi connectivity index (χ0n) is 10.7.